The first-order valence-corrected chi connectivity index (χ1v) is 10.4. The zero-order chi connectivity index (χ0) is 19.7. The summed E-state index contributed by atoms with van der Waals surface area (Å²) in [5, 5.41) is -0.0572. The summed E-state index contributed by atoms with van der Waals surface area (Å²) in [4.78, 5) is 11.5. The molecule has 6 heteroatoms. The number of fused-ring (bicyclic) bond motifs is 1. The molecule has 3 nitrogen and oxygen atoms in total. The van der Waals surface area contributed by atoms with Gasteiger partial charge in [-0.05, 0) is 31.5 Å². The molecule has 3 aromatic rings. The lowest BCUT2D eigenvalue weighted by Crippen LogP contribution is -2.24. The molecule has 4 rings (SSSR count). The average molecular weight is 400 g/mol. The standard InChI is InChI=1S/C22H23F2N3S/c1-3-22-25-14(2)18(26-22)13-27-11-10-20(16-9-8-15(23)12-17(16)24)28-21-7-5-4-6-19(21)27/h4-9,12,20H,3,10-11,13H2,1-2H3,(H,25,26). The second-order valence-corrected chi connectivity index (χ2v) is 8.30. The molecular formula is C22H23F2N3S. The van der Waals surface area contributed by atoms with E-state index in [9.17, 15) is 8.78 Å². The van der Waals surface area contributed by atoms with Crippen LogP contribution in [0.25, 0.3) is 0 Å². The van der Waals surface area contributed by atoms with E-state index in [2.05, 4.69) is 35.9 Å². The molecule has 1 aromatic heterocycles. The minimum Gasteiger partial charge on any atom is -0.365 e. The number of benzene rings is 2. The first-order valence-electron chi connectivity index (χ1n) is 9.55. The third-order valence-corrected chi connectivity index (χ3v) is 6.53. The van der Waals surface area contributed by atoms with Gasteiger partial charge in [-0.2, -0.15) is 0 Å². The number of nitrogens with one attached hydrogen (secondary N) is 1. The Kier molecular flexibility index (Phi) is 5.40. The van der Waals surface area contributed by atoms with Gasteiger partial charge in [0, 0.05) is 40.4 Å². The molecule has 0 spiro atoms. The van der Waals surface area contributed by atoms with Crippen LogP contribution in [0.15, 0.2) is 47.4 Å². The van der Waals surface area contributed by atoms with Crippen LogP contribution in [0.4, 0.5) is 14.5 Å². The molecule has 146 valence electrons. The molecule has 1 atom stereocenters. The molecule has 0 radical (unpaired) electrons. The molecule has 2 heterocycles. The lowest BCUT2D eigenvalue weighted by atomic mass is 10.1. The van der Waals surface area contributed by atoms with Crippen molar-refractivity contribution in [1.29, 1.82) is 0 Å². The summed E-state index contributed by atoms with van der Waals surface area (Å²) in [5.74, 6) is -0.0157. The SMILES string of the molecule is CCc1nc(CN2CCC(c3ccc(F)cc3F)Sc3ccccc32)c(C)[nH]1. The number of aromatic amines is 1. The topological polar surface area (TPSA) is 31.9 Å². The van der Waals surface area contributed by atoms with Crippen molar-refractivity contribution < 1.29 is 8.78 Å². The Bertz CT molecular complexity index is 986. The van der Waals surface area contributed by atoms with Gasteiger partial charge in [0.05, 0.1) is 17.9 Å². The molecule has 28 heavy (non-hydrogen) atoms. The fourth-order valence-electron chi connectivity index (χ4n) is 3.64. The van der Waals surface area contributed by atoms with E-state index in [1.54, 1.807) is 17.8 Å². The number of halogens is 2. The van der Waals surface area contributed by atoms with E-state index >= 15 is 0 Å². The summed E-state index contributed by atoms with van der Waals surface area (Å²) in [6, 6.07) is 12.1. The van der Waals surface area contributed by atoms with Crippen LogP contribution in [-0.4, -0.2) is 16.5 Å². The highest BCUT2D eigenvalue weighted by Gasteiger charge is 2.26. The van der Waals surface area contributed by atoms with Crippen molar-refractivity contribution in [2.45, 2.75) is 43.4 Å². The van der Waals surface area contributed by atoms with Crippen LogP contribution >= 0.6 is 11.8 Å². The number of para-hydroxylation sites is 1. The molecule has 0 amide bonds. The summed E-state index contributed by atoms with van der Waals surface area (Å²) in [7, 11) is 0. The Morgan fingerprint density at radius 2 is 2.04 bits per heavy atom. The van der Waals surface area contributed by atoms with Crippen molar-refractivity contribution in [3.63, 3.8) is 0 Å². The fraction of sp³-hybridized carbons (Fsp3) is 0.318. The molecule has 0 aliphatic carbocycles. The van der Waals surface area contributed by atoms with E-state index in [4.69, 9.17) is 4.98 Å². The average Bonchev–Trinajstić information content (AvgIpc) is 2.93. The molecule has 1 N–H and O–H groups in total. The second kappa shape index (κ2) is 7.95. The number of hydrogen-bond acceptors (Lipinski definition) is 3. The molecular weight excluding hydrogens is 376 g/mol. The summed E-state index contributed by atoms with van der Waals surface area (Å²) in [6.45, 7) is 5.62. The summed E-state index contributed by atoms with van der Waals surface area (Å²) >= 11 is 1.65. The number of nitrogens with zero attached hydrogens (tertiary/aromatic N) is 2. The minimum absolute atomic E-state index is 0.0572. The highest BCUT2D eigenvalue weighted by molar-refractivity contribution is 7.99. The van der Waals surface area contributed by atoms with Gasteiger partial charge in [0.15, 0.2) is 0 Å². The van der Waals surface area contributed by atoms with E-state index in [0.717, 1.165) is 53.2 Å². The first-order chi connectivity index (χ1) is 13.5. The molecule has 0 saturated carbocycles. The van der Waals surface area contributed by atoms with Gasteiger partial charge in [0.25, 0.3) is 0 Å². The van der Waals surface area contributed by atoms with Gasteiger partial charge in [0.1, 0.15) is 17.5 Å². The summed E-state index contributed by atoms with van der Waals surface area (Å²) in [6.07, 6.45) is 1.64. The Morgan fingerprint density at radius 3 is 2.79 bits per heavy atom. The fourth-order valence-corrected chi connectivity index (χ4v) is 4.96. The Balaban J connectivity index is 1.65. The van der Waals surface area contributed by atoms with E-state index in [1.165, 1.54) is 6.07 Å². The number of aryl methyl sites for hydroxylation is 2. The minimum atomic E-state index is -0.539. The predicted molar refractivity (Wildman–Crippen MR) is 110 cm³/mol. The van der Waals surface area contributed by atoms with Gasteiger partial charge in [-0.1, -0.05) is 25.1 Å². The Hall–Kier alpha value is -2.34. The lowest BCUT2D eigenvalue weighted by molar-refractivity contribution is 0.567. The van der Waals surface area contributed by atoms with E-state index in [0.29, 0.717) is 12.1 Å². The number of hydrogen-bond donors (Lipinski definition) is 1. The van der Waals surface area contributed by atoms with Crippen LogP contribution in [-0.2, 0) is 13.0 Å². The maximum Gasteiger partial charge on any atom is 0.130 e. The molecule has 0 saturated heterocycles. The maximum atomic E-state index is 14.4. The van der Waals surface area contributed by atoms with Crippen LogP contribution in [0.3, 0.4) is 0 Å². The molecule has 1 aliphatic rings. The molecule has 1 aliphatic heterocycles. The summed E-state index contributed by atoms with van der Waals surface area (Å²) in [5.41, 5.74) is 3.83. The van der Waals surface area contributed by atoms with Gasteiger partial charge in [0.2, 0.25) is 0 Å². The normalized spacial score (nSPS) is 16.7. The van der Waals surface area contributed by atoms with Gasteiger partial charge in [-0.15, -0.1) is 11.8 Å². The van der Waals surface area contributed by atoms with Gasteiger partial charge >= 0.3 is 0 Å². The van der Waals surface area contributed by atoms with Crippen molar-refractivity contribution in [3.8, 4) is 0 Å². The van der Waals surface area contributed by atoms with Gasteiger partial charge in [-0.3, -0.25) is 0 Å². The van der Waals surface area contributed by atoms with Crippen molar-refractivity contribution in [1.82, 2.24) is 9.97 Å². The number of aromatic nitrogens is 2. The summed E-state index contributed by atoms with van der Waals surface area (Å²) < 4.78 is 27.7. The molecule has 0 bridgehead atoms. The molecule has 0 fully saturated rings. The maximum absolute atomic E-state index is 14.4. The van der Waals surface area contributed by atoms with Crippen LogP contribution in [0.2, 0.25) is 0 Å². The van der Waals surface area contributed by atoms with Crippen molar-refractivity contribution >= 4 is 17.4 Å². The number of anilines is 1. The van der Waals surface area contributed by atoms with Crippen LogP contribution in [0, 0.1) is 18.6 Å². The van der Waals surface area contributed by atoms with E-state index in [-0.39, 0.29) is 5.25 Å². The van der Waals surface area contributed by atoms with Gasteiger partial charge < -0.3 is 9.88 Å². The van der Waals surface area contributed by atoms with E-state index < -0.39 is 11.6 Å². The third kappa shape index (κ3) is 3.78. The zero-order valence-corrected chi connectivity index (χ0v) is 16.8. The zero-order valence-electron chi connectivity index (χ0n) is 16.0. The monoisotopic (exact) mass is 399 g/mol. The smallest absolute Gasteiger partial charge is 0.130 e. The molecule has 2 aromatic carbocycles. The predicted octanol–water partition coefficient (Wildman–Crippen LogP) is 5.80. The van der Waals surface area contributed by atoms with Crippen LogP contribution < -0.4 is 4.90 Å². The van der Waals surface area contributed by atoms with Crippen LogP contribution in [0.5, 0.6) is 0 Å². The lowest BCUT2D eigenvalue weighted by Gasteiger charge is -2.24. The molecule has 1 unspecified atom stereocenters. The highest BCUT2D eigenvalue weighted by Crippen LogP contribution is 2.46. The first kappa shape index (κ1) is 19.0. The number of H-pyrrole nitrogens is 1. The largest absolute Gasteiger partial charge is 0.365 e. The van der Waals surface area contributed by atoms with E-state index in [1.807, 2.05) is 12.1 Å². The quantitative estimate of drug-likeness (QED) is 0.601. The Morgan fingerprint density at radius 1 is 1.21 bits per heavy atom. The van der Waals surface area contributed by atoms with Crippen molar-refractivity contribution in [3.05, 3.63) is 76.9 Å². The van der Waals surface area contributed by atoms with Crippen LogP contribution in [0.1, 0.15) is 41.4 Å². The Labute approximate surface area is 168 Å². The van der Waals surface area contributed by atoms with Gasteiger partial charge in [-0.25, -0.2) is 13.8 Å². The second-order valence-electron chi connectivity index (χ2n) is 7.06. The number of rotatable bonds is 4. The highest BCUT2D eigenvalue weighted by atomic mass is 32.2. The number of thioether (sulfide) groups is 1. The van der Waals surface area contributed by atoms with Crippen molar-refractivity contribution in [2.75, 3.05) is 11.4 Å². The van der Waals surface area contributed by atoms with Crippen molar-refractivity contribution in [2.24, 2.45) is 0 Å². The number of imidazole rings is 1. The third-order valence-electron chi connectivity index (χ3n) is 5.16.